The van der Waals surface area contributed by atoms with E-state index in [4.69, 9.17) is 9.52 Å². The highest BCUT2D eigenvalue weighted by atomic mass is 16.4. The van der Waals surface area contributed by atoms with Crippen LogP contribution in [0.25, 0.3) is 0 Å². The third kappa shape index (κ3) is 4.61. The Morgan fingerprint density at radius 3 is 2.60 bits per heavy atom. The third-order valence-corrected chi connectivity index (χ3v) is 2.14. The fraction of sp³-hybridized carbons (Fsp3) is 0.0833. The van der Waals surface area contributed by atoms with Crippen LogP contribution in [0.15, 0.2) is 46.2 Å². The van der Waals surface area contributed by atoms with E-state index in [0.29, 0.717) is 17.1 Å². The number of amides is 1. The van der Waals surface area contributed by atoms with E-state index in [1.54, 1.807) is 24.3 Å². The van der Waals surface area contributed by atoms with Gasteiger partial charge in [-0.25, -0.2) is 5.43 Å². The molecule has 0 bridgehead atoms. The minimum atomic E-state index is -0.331. The molecule has 0 aliphatic heterocycles. The SMILES string of the molecule is O.O.O=C(N/N=C/c1ccc(CO)o1)c1ccncc1. The number of hydrogen-bond donors (Lipinski definition) is 2. The Morgan fingerprint density at radius 1 is 1.30 bits per heavy atom. The van der Waals surface area contributed by atoms with E-state index in [2.05, 4.69) is 15.5 Å². The van der Waals surface area contributed by atoms with Gasteiger partial charge in [0, 0.05) is 18.0 Å². The van der Waals surface area contributed by atoms with Crippen LogP contribution in [0.1, 0.15) is 21.9 Å². The smallest absolute Gasteiger partial charge is 0.271 e. The Hall–Kier alpha value is -2.55. The molecular weight excluding hydrogens is 266 g/mol. The minimum Gasteiger partial charge on any atom is -0.458 e. The predicted molar refractivity (Wildman–Crippen MR) is 71.2 cm³/mol. The van der Waals surface area contributed by atoms with Crippen LogP contribution in [0.5, 0.6) is 0 Å². The molecule has 6 N–H and O–H groups in total. The van der Waals surface area contributed by atoms with Crippen molar-refractivity contribution in [2.45, 2.75) is 6.61 Å². The standard InChI is InChI=1S/C12H11N3O3.2H2O/c16-8-11-2-1-10(18-11)7-14-15-12(17)9-3-5-13-6-4-9;;/h1-7,16H,8H2,(H,15,17);2*1H2/b14-7+;;. The van der Waals surface area contributed by atoms with Crippen LogP contribution < -0.4 is 5.43 Å². The monoisotopic (exact) mass is 281 g/mol. The maximum Gasteiger partial charge on any atom is 0.271 e. The van der Waals surface area contributed by atoms with Gasteiger partial charge in [-0.05, 0) is 24.3 Å². The van der Waals surface area contributed by atoms with Crippen LogP contribution in [0.4, 0.5) is 0 Å². The molecule has 0 saturated carbocycles. The number of carbonyl (C=O) groups is 1. The molecule has 0 saturated heterocycles. The first-order valence-electron chi connectivity index (χ1n) is 5.22. The molecule has 108 valence electrons. The van der Waals surface area contributed by atoms with Crippen molar-refractivity contribution in [1.29, 1.82) is 0 Å². The van der Waals surface area contributed by atoms with Gasteiger partial charge in [0.1, 0.15) is 18.1 Å². The first kappa shape index (κ1) is 17.4. The summed E-state index contributed by atoms with van der Waals surface area (Å²) in [7, 11) is 0. The molecule has 20 heavy (non-hydrogen) atoms. The number of carbonyl (C=O) groups excluding carboxylic acids is 1. The molecule has 2 heterocycles. The summed E-state index contributed by atoms with van der Waals surface area (Å²) in [5.41, 5.74) is 2.82. The highest BCUT2D eigenvalue weighted by Crippen LogP contribution is 2.04. The second kappa shape index (κ2) is 8.53. The fourth-order valence-electron chi connectivity index (χ4n) is 1.27. The zero-order valence-electron chi connectivity index (χ0n) is 10.4. The van der Waals surface area contributed by atoms with Crippen molar-refractivity contribution in [3.63, 3.8) is 0 Å². The van der Waals surface area contributed by atoms with Crippen molar-refractivity contribution in [3.8, 4) is 0 Å². The molecule has 0 aromatic carbocycles. The van der Waals surface area contributed by atoms with Crippen LogP contribution in [0, 0.1) is 0 Å². The Balaban J connectivity index is 0.00000180. The van der Waals surface area contributed by atoms with Crippen LogP contribution in [0.3, 0.4) is 0 Å². The highest BCUT2D eigenvalue weighted by Gasteiger charge is 2.02. The first-order chi connectivity index (χ1) is 8.79. The van der Waals surface area contributed by atoms with E-state index in [1.165, 1.54) is 18.6 Å². The number of rotatable bonds is 4. The fourth-order valence-corrected chi connectivity index (χ4v) is 1.27. The Labute approximate surface area is 114 Å². The van der Waals surface area contributed by atoms with E-state index < -0.39 is 0 Å². The molecule has 0 radical (unpaired) electrons. The van der Waals surface area contributed by atoms with Crippen LogP contribution >= 0.6 is 0 Å². The van der Waals surface area contributed by atoms with Gasteiger partial charge in [-0.3, -0.25) is 9.78 Å². The minimum absolute atomic E-state index is 0. The molecule has 8 heteroatoms. The summed E-state index contributed by atoms with van der Waals surface area (Å²) in [6.07, 6.45) is 4.41. The van der Waals surface area contributed by atoms with Gasteiger partial charge in [0.25, 0.3) is 5.91 Å². The van der Waals surface area contributed by atoms with E-state index in [-0.39, 0.29) is 23.5 Å². The molecule has 0 spiro atoms. The van der Waals surface area contributed by atoms with Crippen LogP contribution in [-0.2, 0) is 6.61 Å². The molecule has 0 fully saturated rings. The van der Waals surface area contributed by atoms with Gasteiger partial charge >= 0.3 is 0 Å². The van der Waals surface area contributed by atoms with Crippen molar-refractivity contribution in [3.05, 3.63) is 53.7 Å². The van der Waals surface area contributed by atoms with Gasteiger partial charge in [-0.1, -0.05) is 0 Å². The maximum absolute atomic E-state index is 11.6. The summed E-state index contributed by atoms with van der Waals surface area (Å²) >= 11 is 0. The quantitative estimate of drug-likeness (QED) is 0.561. The second-order valence-corrected chi connectivity index (χ2v) is 3.40. The molecule has 0 aliphatic carbocycles. The van der Waals surface area contributed by atoms with Crippen LogP contribution in [0.2, 0.25) is 0 Å². The average Bonchev–Trinajstić information content (AvgIpc) is 2.87. The molecule has 0 atom stereocenters. The van der Waals surface area contributed by atoms with E-state index >= 15 is 0 Å². The molecule has 2 aromatic rings. The van der Waals surface area contributed by atoms with Gasteiger partial charge in [-0.15, -0.1) is 0 Å². The largest absolute Gasteiger partial charge is 0.458 e. The van der Waals surface area contributed by atoms with Crippen LogP contribution in [-0.4, -0.2) is 33.2 Å². The lowest BCUT2D eigenvalue weighted by Crippen LogP contribution is -2.17. The lowest BCUT2D eigenvalue weighted by atomic mass is 10.3. The van der Waals surface area contributed by atoms with Gasteiger partial charge in [0.2, 0.25) is 0 Å². The first-order valence-corrected chi connectivity index (χ1v) is 5.22. The summed E-state index contributed by atoms with van der Waals surface area (Å²) in [6.45, 7) is -0.169. The summed E-state index contributed by atoms with van der Waals surface area (Å²) in [5, 5.41) is 12.5. The van der Waals surface area contributed by atoms with Gasteiger partial charge in [0.15, 0.2) is 0 Å². The second-order valence-electron chi connectivity index (χ2n) is 3.40. The number of nitrogens with one attached hydrogen (secondary N) is 1. The van der Waals surface area contributed by atoms with E-state index in [1.807, 2.05) is 0 Å². The normalized spacial score (nSPS) is 9.65. The number of nitrogens with zero attached hydrogens (tertiary/aromatic N) is 2. The number of aromatic nitrogens is 1. The molecule has 2 aromatic heterocycles. The number of aliphatic hydroxyl groups is 1. The number of pyridine rings is 1. The summed E-state index contributed by atoms with van der Waals surface area (Å²) in [6, 6.07) is 6.45. The lowest BCUT2D eigenvalue weighted by molar-refractivity contribution is 0.0955. The Morgan fingerprint density at radius 2 is 2.00 bits per heavy atom. The molecule has 8 nitrogen and oxygen atoms in total. The summed E-state index contributed by atoms with van der Waals surface area (Å²) in [4.78, 5) is 15.4. The zero-order valence-corrected chi connectivity index (χ0v) is 10.4. The Bertz CT molecular complexity index is 553. The number of hydrogen-bond acceptors (Lipinski definition) is 5. The third-order valence-electron chi connectivity index (χ3n) is 2.14. The maximum atomic E-state index is 11.6. The van der Waals surface area contributed by atoms with Crippen molar-refractivity contribution in [2.24, 2.45) is 5.10 Å². The molecule has 0 aliphatic rings. The number of aliphatic hydroxyl groups excluding tert-OH is 1. The van der Waals surface area contributed by atoms with Gasteiger partial charge < -0.3 is 20.5 Å². The van der Waals surface area contributed by atoms with E-state index in [9.17, 15) is 4.79 Å². The van der Waals surface area contributed by atoms with Crippen molar-refractivity contribution < 1.29 is 25.3 Å². The van der Waals surface area contributed by atoms with Crippen molar-refractivity contribution in [2.75, 3.05) is 0 Å². The summed E-state index contributed by atoms with van der Waals surface area (Å²) < 4.78 is 5.16. The predicted octanol–water partition coefficient (Wildman–Crippen LogP) is -0.719. The van der Waals surface area contributed by atoms with E-state index in [0.717, 1.165) is 0 Å². The lowest BCUT2D eigenvalue weighted by Gasteiger charge is -1.97. The topological polar surface area (TPSA) is 151 Å². The number of furan rings is 1. The zero-order chi connectivity index (χ0) is 12.8. The molecular formula is C12H15N3O5. The number of hydrazone groups is 1. The van der Waals surface area contributed by atoms with Gasteiger partial charge in [-0.2, -0.15) is 5.10 Å². The van der Waals surface area contributed by atoms with Crippen molar-refractivity contribution in [1.82, 2.24) is 10.4 Å². The molecule has 0 unspecified atom stereocenters. The molecule has 1 amide bonds. The average molecular weight is 281 g/mol. The van der Waals surface area contributed by atoms with Crippen molar-refractivity contribution >= 4 is 12.1 Å². The Kier molecular flexibility index (Phi) is 7.45. The summed E-state index contributed by atoms with van der Waals surface area (Å²) in [5.74, 6) is 0.563. The highest BCUT2D eigenvalue weighted by molar-refractivity contribution is 5.94. The van der Waals surface area contributed by atoms with Gasteiger partial charge in [0.05, 0.1) is 6.21 Å². The molecule has 2 rings (SSSR count).